The van der Waals surface area contributed by atoms with E-state index >= 15 is 0 Å². The molecule has 2 atom stereocenters. The number of rotatable bonds is 3. The zero-order chi connectivity index (χ0) is 10.4. The van der Waals surface area contributed by atoms with Crippen LogP contribution in [0.4, 0.5) is 0 Å². The summed E-state index contributed by atoms with van der Waals surface area (Å²) in [7, 11) is 0. The molecule has 2 fully saturated rings. The summed E-state index contributed by atoms with van der Waals surface area (Å²) in [5, 5.41) is 0. The number of fused-ring (bicyclic) bond motifs is 1. The molecule has 2 aliphatic rings. The van der Waals surface area contributed by atoms with Crippen LogP contribution in [0, 0.1) is 17.8 Å². The third kappa shape index (κ3) is 1.25. The number of nitrogens with zero attached hydrogens (tertiary/aromatic N) is 2. The van der Waals surface area contributed by atoms with E-state index < -0.39 is 0 Å². The van der Waals surface area contributed by atoms with E-state index in [-0.39, 0.29) is 5.78 Å². The summed E-state index contributed by atoms with van der Waals surface area (Å²) >= 11 is 0. The maximum Gasteiger partial charge on any atom is 0.201 e. The molecule has 0 aliphatic heterocycles. The van der Waals surface area contributed by atoms with E-state index in [2.05, 4.69) is 4.98 Å². The Labute approximate surface area is 89.5 Å². The van der Waals surface area contributed by atoms with Gasteiger partial charge in [0.05, 0.1) is 0 Å². The van der Waals surface area contributed by atoms with Gasteiger partial charge >= 0.3 is 0 Å². The number of aryl methyl sites for hydroxylation is 1. The highest BCUT2D eigenvalue weighted by Gasteiger charge is 2.57. The molecule has 0 N–H and O–H groups in total. The van der Waals surface area contributed by atoms with Crippen molar-refractivity contribution < 1.29 is 4.79 Å². The van der Waals surface area contributed by atoms with Gasteiger partial charge in [-0.05, 0) is 31.6 Å². The molecule has 0 saturated heterocycles. The van der Waals surface area contributed by atoms with Crippen molar-refractivity contribution in [3.8, 4) is 0 Å². The first-order valence-corrected chi connectivity index (χ1v) is 5.88. The van der Waals surface area contributed by atoms with Gasteiger partial charge in [0, 0.05) is 24.9 Å². The van der Waals surface area contributed by atoms with Crippen LogP contribution in [0.3, 0.4) is 0 Å². The van der Waals surface area contributed by atoms with Gasteiger partial charge in [0.25, 0.3) is 0 Å². The van der Waals surface area contributed by atoms with Crippen molar-refractivity contribution in [1.82, 2.24) is 9.55 Å². The van der Waals surface area contributed by atoms with E-state index in [4.69, 9.17) is 0 Å². The Morgan fingerprint density at radius 1 is 1.53 bits per heavy atom. The zero-order valence-electron chi connectivity index (χ0n) is 9.02. The fraction of sp³-hybridized carbons (Fsp3) is 0.667. The highest BCUT2D eigenvalue weighted by atomic mass is 16.1. The fourth-order valence-electron chi connectivity index (χ4n) is 3.15. The molecule has 2 aliphatic carbocycles. The lowest BCUT2D eigenvalue weighted by Crippen LogP contribution is -2.13. The smallest absolute Gasteiger partial charge is 0.201 e. The van der Waals surface area contributed by atoms with Gasteiger partial charge in [-0.1, -0.05) is 6.42 Å². The van der Waals surface area contributed by atoms with Crippen LogP contribution in [0.15, 0.2) is 12.4 Å². The molecule has 1 heterocycles. The minimum absolute atomic E-state index is 0.288. The first-order chi connectivity index (χ1) is 7.33. The second-order valence-corrected chi connectivity index (χ2v) is 4.69. The molecule has 80 valence electrons. The van der Waals surface area contributed by atoms with Gasteiger partial charge in [-0.2, -0.15) is 0 Å². The molecule has 1 aromatic heterocycles. The number of carbonyl (C=O) groups is 1. The number of Topliss-reactive ketones (excluding diaryl/α,β-unsaturated/α-hetero) is 1. The maximum absolute atomic E-state index is 12.2. The monoisotopic (exact) mass is 204 g/mol. The zero-order valence-corrected chi connectivity index (χ0v) is 9.02. The van der Waals surface area contributed by atoms with Crippen molar-refractivity contribution in [3.63, 3.8) is 0 Å². The van der Waals surface area contributed by atoms with Gasteiger partial charge in [0.15, 0.2) is 5.82 Å². The van der Waals surface area contributed by atoms with Crippen molar-refractivity contribution >= 4 is 5.78 Å². The minimum Gasteiger partial charge on any atom is -0.329 e. The number of hydrogen-bond donors (Lipinski definition) is 0. The van der Waals surface area contributed by atoms with Crippen LogP contribution >= 0.6 is 0 Å². The van der Waals surface area contributed by atoms with Crippen molar-refractivity contribution in [2.75, 3.05) is 0 Å². The Hall–Kier alpha value is -1.12. The van der Waals surface area contributed by atoms with E-state index in [1.54, 1.807) is 6.20 Å². The van der Waals surface area contributed by atoms with Crippen LogP contribution in [0.5, 0.6) is 0 Å². The summed E-state index contributed by atoms with van der Waals surface area (Å²) in [6.07, 6.45) is 7.46. The number of hydrogen-bond acceptors (Lipinski definition) is 2. The van der Waals surface area contributed by atoms with Crippen molar-refractivity contribution in [2.24, 2.45) is 17.8 Å². The minimum atomic E-state index is 0.288. The molecule has 0 spiro atoms. The molecule has 0 amide bonds. The van der Waals surface area contributed by atoms with E-state index in [0.29, 0.717) is 23.6 Å². The van der Waals surface area contributed by atoms with Gasteiger partial charge in [-0.3, -0.25) is 4.79 Å². The Balaban J connectivity index is 1.81. The second kappa shape index (κ2) is 3.19. The van der Waals surface area contributed by atoms with Crippen LogP contribution in [0.25, 0.3) is 0 Å². The lowest BCUT2D eigenvalue weighted by atomic mass is 10.1. The molecule has 1 aromatic rings. The van der Waals surface area contributed by atoms with E-state index in [1.807, 2.05) is 17.7 Å². The predicted molar refractivity (Wildman–Crippen MR) is 56.6 cm³/mol. The predicted octanol–water partition coefficient (Wildman–Crippen LogP) is 2.13. The average molecular weight is 204 g/mol. The number of ketones is 1. The molecule has 0 bridgehead atoms. The van der Waals surface area contributed by atoms with E-state index in [1.165, 1.54) is 19.3 Å². The van der Waals surface area contributed by atoms with Crippen LogP contribution in [-0.4, -0.2) is 15.3 Å². The van der Waals surface area contributed by atoms with Crippen molar-refractivity contribution in [2.45, 2.75) is 32.7 Å². The fourth-order valence-corrected chi connectivity index (χ4v) is 3.15. The molecule has 3 heteroatoms. The number of imidazole rings is 1. The topological polar surface area (TPSA) is 34.9 Å². The lowest BCUT2D eigenvalue weighted by Gasteiger charge is -2.04. The maximum atomic E-state index is 12.2. The standard InChI is InChI=1S/C12H16N2O/c1-2-14-7-6-13-12(14)11(15)10-8-4-3-5-9(8)10/h6-10H,2-5H2,1H3. The van der Waals surface area contributed by atoms with Gasteiger partial charge in [0.2, 0.25) is 5.78 Å². The SMILES string of the molecule is CCn1ccnc1C(=O)C1C2CCCC21. The van der Waals surface area contributed by atoms with Crippen LogP contribution < -0.4 is 0 Å². The molecular weight excluding hydrogens is 188 g/mol. The molecule has 2 unspecified atom stereocenters. The third-order valence-corrected chi connectivity index (χ3v) is 3.99. The summed E-state index contributed by atoms with van der Waals surface area (Å²) in [5.74, 6) is 2.67. The summed E-state index contributed by atoms with van der Waals surface area (Å²) in [6, 6.07) is 0. The van der Waals surface area contributed by atoms with Crippen LogP contribution in [0.2, 0.25) is 0 Å². The molecule has 2 saturated carbocycles. The van der Waals surface area contributed by atoms with Crippen LogP contribution in [-0.2, 0) is 6.54 Å². The summed E-state index contributed by atoms with van der Waals surface area (Å²) in [4.78, 5) is 16.4. The average Bonchev–Trinajstić information content (AvgIpc) is 2.72. The summed E-state index contributed by atoms with van der Waals surface area (Å²) in [6.45, 7) is 2.88. The summed E-state index contributed by atoms with van der Waals surface area (Å²) < 4.78 is 1.95. The van der Waals surface area contributed by atoms with Gasteiger partial charge in [-0.15, -0.1) is 0 Å². The molecule has 0 radical (unpaired) electrons. The highest BCUT2D eigenvalue weighted by Crippen LogP contribution is 2.58. The third-order valence-electron chi connectivity index (χ3n) is 3.99. The Kier molecular flexibility index (Phi) is 1.94. The Morgan fingerprint density at radius 3 is 2.93 bits per heavy atom. The second-order valence-electron chi connectivity index (χ2n) is 4.69. The Morgan fingerprint density at radius 2 is 2.27 bits per heavy atom. The van der Waals surface area contributed by atoms with Crippen molar-refractivity contribution in [3.05, 3.63) is 18.2 Å². The molecule has 0 aromatic carbocycles. The highest BCUT2D eigenvalue weighted by molar-refractivity contribution is 5.97. The normalized spacial score (nSPS) is 32.7. The molecule has 3 rings (SSSR count). The van der Waals surface area contributed by atoms with Crippen LogP contribution in [0.1, 0.15) is 36.8 Å². The number of carbonyl (C=O) groups excluding carboxylic acids is 1. The molecule has 15 heavy (non-hydrogen) atoms. The van der Waals surface area contributed by atoms with Crippen molar-refractivity contribution in [1.29, 1.82) is 0 Å². The van der Waals surface area contributed by atoms with Gasteiger partial charge in [0.1, 0.15) is 0 Å². The van der Waals surface area contributed by atoms with E-state index in [9.17, 15) is 4.79 Å². The quantitative estimate of drug-likeness (QED) is 0.707. The lowest BCUT2D eigenvalue weighted by molar-refractivity contribution is 0.0937. The summed E-state index contributed by atoms with van der Waals surface area (Å²) in [5.41, 5.74) is 0. The first-order valence-electron chi connectivity index (χ1n) is 5.88. The van der Waals surface area contributed by atoms with Gasteiger partial charge in [-0.25, -0.2) is 4.98 Å². The Bertz CT molecular complexity index is 386. The number of aromatic nitrogens is 2. The largest absolute Gasteiger partial charge is 0.329 e. The molecular formula is C12H16N2O. The van der Waals surface area contributed by atoms with Gasteiger partial charge < -0.3 is 4.57 Å². The molecule has 3 nitrogen and oxygen atoms in total. The first kappa shape index (κ1) is 9.13. The van der Waals surface area contributed by atoms with E-state index in [0.717, 1.165) is 6.54 Å².